The second-order valence-corrected chi connectivity index (χ2v) is 8.01. The normalized spacial score (nSPS) is 12.1. The Kier molecular flexibility index (Phi) is 5.51. The molecular formula is C22H19BF3N5O2. The summed E-state index contributed by atoms with van der Waals surface area (Å²) in [6.45, 7) is 3.46. The Morgan fingerprint density at radius 2 is 1.88 bits per heavy atom. The van der Waals surface area contributed by atoms with Crippen molar-refractivity contribution in [3.63, 3.8) is 0 Å². The van der Waals surface area contributed by atoms with Crippen LogP contribution in [-0.4, -0.2) is 33.1 Å². The van der Waals surface area contributed by atoms with Crippen molar-refractivity contribution in [2.45, 2.75) is 32.5 Å². The van der Waals surface area contributed by atoms with E-state index in [1.165, 1.54) is 4.68 Å². The van der Waals surface area contributed by atoms with Gasteiger partial charge >= 0.3 is 6.18 Å². The highest BCUT2D eigenvalue weighted by Crippen LogP contribution is 2.31. The molecule has 0 saturated heterocycles. The molecule has 0 aliphatic carbocycles. The number of aromatic nitrogens is 4. The van der Waals surface area contributed by atoms with Crippen LogP contribution in [0.2, 0.25) is 0 Å². The van der Waals surface area contributed by atoms with Gasteiger partial charge in [0.15, 0.2) is 0 Å². The third-order valence-corrected chi connectivity index (χ3v) is 5.28. The topological polar surface area (TPSA) is 81.8 Å². The molecule has 1 N–H and O–H groups in total. The van der Waals surface area contributed by atoms with E-state index in [2.05, 4.69) is 15.4 Å². The lowest BCUT2D eigenvalue weighted by Gasteiger charge is -2.16. The van der Waals surface area contributed by atoms with Gasteiger partial charge in [0.2, 0.25) is 17.3 Å². The van der Waals surface area contributed by atoms with E-state index in [-0.39, 0.29) is 35.0 Å². The molecule has 0 unspecified atom stereocenters. The number of anilines is 1. The molecule has 0 aliphatic heterocycles. The average Bonchev–Trinajstić information content (AvgIpc) is 3.03. The molecule has 2 aromatic carbocycles. The molecule has 4 rings (SSSR count). The van der Waals surface area contributed by atoms with Crippen LogP contribution >= 0.6 is 0 Å². The predicted octanol–water partition coefficient (Wildman–Crippen LogP) is 2.86. The third-order valence-electron chi connectivity index (χ3n) is 5.28. The Morgan fingerprint density at radius 3 is 2.55 bits per heavy atom. The predicted molar refractivity (Wildman–Crippen MR) is 120 cm³/mol. The summed E-state index contributed by atoms with van der Waals surface area (Å²) in [5, 5.41) is 6.93. The fourth-order valence-electron chi connectivity index (χ4n) is 3.63. The Hall–Kier alpha value is -3.63. The molecule has 0 saturated carbocycles. The number of alkyl halides is 3. The fraction of sp³-hybridized carbons (Fsp3) is 0.273. The standard InChI is InChI=1S/C22H19BF3N5O2/c1-11(2)31-18-8-12(22(24,25)26)4-6-14(18)20(33)16(29-31)10-19(32)28-21-27-15-9-13(23)5-7-17(15)30(21)3/h4-9,11H,10H2,1-3H3,(H,27,28,32). The summed E-state index contributed by atoms with van der Waals surface area (Å²) >= 11 is 0. The first kappa shape index (κ1) is 22.6. The lowest BCUT2D eigenvalue weighted by molar-refractivity contribution is -0.137. The maximum absolute atomic E-state index is 13.2. The van der Waals surface area contributed by atoms with Crippen molar-refractivity contribution in [1.82, 2.24) is 19.3 Å². The van der Waals surface area contributed by atoms with Gasteiger partial charge in [-0.05, 0) is 44.2 Å². The van der Waals surface area contributed by atoms with Crippen molar-refractivity contribution < 1.29 is 18.0 Å². The van der Waals surface area contributed by atoms with E-state index in [9.17, 15) is 22.8 Å². The van der Waals surface area contributed by atoms with Crippen LogP contribution in [0.1, 0.15) is 31.1 Å². The summed E-state index contributed by atoms with van der Waals surface area (Å²) in [6.07, 6.45) is -4.92. The van der Waals surface area contributed by atoms with Crippen molar-refractivity contribution >= 4 is 47.1 Å². The Labute approximate surface area is 187 Å². The molecule has 33 heavy (non-hydrogen) atoms. The molecule has 2 aromatic heterocycles. The van der Waals surface area contributed by atoms with E-state index in [4.69, 9.17) is 7.85 Å². The van der Waals surface area contributed by atoms with Crippen LogP contribution in [0, 0.1) is 0 Å². The zero-order valence-corrected chi connectivity index (χ0v) is 18.1. The summed E-state index contributed by atoms with van der Waals surface area (Å²) in [5.74, 6) is -0.270. The van der Waals surface area contributed by atoms with Gasteiger partial charge in [-0.3, -0.25) is 19.6 Å². The molecule has 0 spiro atoms. The van der Waals surface area contributed by atoms with E-state index in [1.807, 2.05) is 0 Å². The second-order valence-electron chi connectivity index (χ2n) is 8.01. The Balaban J connectivity index is 1.70. The van der Waals surface area contributed by atoms with Crippen LogP contribution in [0.25, 0.3) is 21.9 Å². The number of fused-ring (bicyclic) bond motifs is 2. The molecule has 0 aliphatic rings. The number of carbonyl (C=O) groups excluding carboxylic acids is 1. The van der Waals surface area contributed by atoms with Gasteiger partial charge in [0.05, 0.1) is 28.5 Å². The number of amides is 1. The first-order chi connectivity index (χ1) is 15.5. The summed E-state index contributed by atoms with van der Waals surface area (Å²) < 4.78 is 42.5. The number of aryl methyl sites for hydroxylation is 1. The number of hydrogen-bond donors (Lipinski definition) is 1. The van der Waals surface area contributed by atoms with Crippen molar-refractivity contribution in [3.8, 4) is 0 Å². The van der Waals surface area contributed by atoms with Crippen LogP contribution in [0.4, 0.5) is 19.1 Å². The largest absolute Gasteiger partial charge is 0.416 e. The van der Waals surface area contributed by atoms with Gasteiger partial charge in [-0.2, -0.15) is 18.3 Å². The molecule has 1 amide bonds. The van der Waals surface area contributed by atoms with Crippen molar-refractivity contribution in [2.24, 2.45) is 7.05 Å². The van der Waals surface area contributed by atoms with E-state index >= 15 is 0 Å². The minimum atomic E-state index is -4.55. The molecular weight excluding hydrogens is 434 g/mol. The monoisotopic (exact) mass is 453 g/mol. The number of imidazole rings is 1. The van der Waals surface area contributed by atoms with Gasteiger partial charge in [0.1, 0.15) is 13.5 Å². The van der Waals surface area contributed by atoms with Gasteiger partial charge in [-0.15, -0.1) is 0 Å². The summed E-state index contributed by atoms with van der Waals surface area (Å²) in [5.41, 5.74) is 0.396. The number of rotatable bonds is 4. The number of nitrogens with one attached hydrogen (secondary N) is 1. The van der Waals surface area contributed by atoms with Crippen LogP contribution in [-0.2, 0) is 24.4 Å². The highest BCUT2D eigenvalue weighted by atomic mass is 19.4. The lowest BCUT2D eigenvalue weighted by atomic mass is 9.96. The average molecular weight is 453 g/mol. The minimum absolute atomic E-state index is 0.0573. The quantitative estimate of drug-likeness (QED) is 0.482. The molecule has 168 valence electrons. The summed E-state index contributed by atoms with van der Waals surface area (Å²) in [7, 11) is 7.50. The van der Waals surface area contributed by atoms with Gasteiger partial charge in [0.25, 0.3) is 0 Å². The number of nitrogens with zero attached hydrogens (tertiary/aromatic N) is 4. The third kappa shape index (κ3) is 4.22. The second kappa shape index (κ2) is 8.06. The SMILES string of the molecule is [B]c1ccc2c(c1)nc(NC(=O)Cc1nn(C(C)C)c3cc(C(F)(F)F)ccc3c1=O)n2C. The fourth-order valence-corrected chi connectivity index (χ4v) is 3.63. The number of carbonyl (C=O) groups is 1. The smallest absolute Gasteiger partial charge is 0.313 e. The highest BCUT2D eigenvalue weighted by molar-refractivity contribution is 6.33. The first-order valence-corrected chi connectivity index (χ1v) is 10.1. The number of benzene rings is 2. The number of halogens is 3. The molecule has 2 radical (unpaired) electrons. The molecule has 7 nitrogen and oxygen atoms in total. The maximum Gasteiger partial charge on any atom is 0.416 e. The summed E-state index contributed by atoms with van der Waals surface area (Å²) in [4.78, 5) is 30.0. The number of hydrogen-bond acceptors (Lipinski definition) is 4. The van der Waals surface area contributed by atoms with Crippen LogP contribution in [0.5, 0.6) is 0 Å². The van der Waals surface area contributed by atoms with Crippen molar-refractivity contribution in [2.75, 3.05) is 5.32 Å². The summed E-state index contributed by atoms with van der Waals surface area (Å²) in [6, 6.07) is 7.69. The van der Waals surface area contributed by atoms with Gasteiger partial charge < -0.3 is 4.57 Å². The Bertz CT molecular complexity index is 1460. The van der Waals surface area contributed by atoms with Crippen LogP contribution in [0.3, 0.4) is 0 Å². The molecule has 0 fully saturated rings. The lowest BCUT2D eigenvalue weighted by Crippen LogP contribution is -2.26. The molecule has 0 atom stereocenters. The van der Waals surface area contributed by atoms with Gasteiger partial charge in [0, 0.05) is 18.5 Å². The van der Waals surface area contributed by atoms with E-state index in [0.717, 1.165) is 23.7 Å². The molecule has 2 heterocycles. The molecule has 4 aromatic rings. The maximum atomic E-state index is 13.2. The van der Waals surface area contributed by atoms with Gasteiger partial charge in [-0.1, -0.05) is 11.5 Å². The Morgan fingerprint density at radius 1 is 1.15 bits per heavy atom. The van der Waals surface area contributed by atoms with Crippen molar-refractivity contribution in [3.05, 3.63) is 57.9 Å². The van der Waals surface area contributed by atoms with E-state index in [0.29, 0.717) is 11.0 Å². The van der Waals surface area contributed by atoms with Gasteiger partial charge in [-0.25, -0.2) is 4.98 Å². The van der Waals surface area contributed by atoms with Crippen molar-refractivity contribution in [1.29, 1.82) is 0 Å². The minimum Gasteiger partial charge on any atom is -0.313 e. The zero-order valence-electron chi connectivity index (χ0n) is 18.1. The van der Waals surface area contributed by atoms with E-state index in [1.54, 1.807) is 43.7 Å². The van der Waals surface area contributed by atoms with E-state index < -0.39 is 23.1 Å². The molecule has 0 bridgehead atoms. The van der Waals surface area contributed by atoms with Crippen LogP contribution in [0.15, 0.2) is 41.2 Å². The first-order valence-electron chi connectivity index (χ1n) is 10.1. The zero-order chi connectivity index (χ0) is 24.1. The molecule has 11 heteroatoms. The van der Waals surface area contributed by atoms with Crippen LogP contribution < -0.4 is 16.2 Å². The highest BCUT2D eigenvalue weighted by Gasteiger charge is 2.31.